The van der Waals surface area contributed by atoms with E-state index in [1.807, 2.05) is 11.0 Å². The molecule has 3 amide bonds. The largest absolute Gasteiger partial charge is 0.349 e. The molecule has 0 aromatic heterocycles. The molecule has 4 rings (SSSR count). The molecule has 32 heavy (non-hydrogen) atoms. The molecule has 1 saturated heterocycles. The molecule has 3 aliphatic rings. The molecule has 1 aliphatic heterocycles. The van der Waals surface area contributed by atoms with Crippen molar-refractivity contribution in [1.82, 2.24) is 19.6 Å². The maximum absolute atomic E-state index is 14.1. The van der Waals surface area contributed by atoms with Crippen LogP contribution >= 0.6 is 0 Å². The molecule has 0 unspecified atom stereocenters. The van der Waals surface area contributed by atoms with E-state index in [1.165, 1.54) is 18.9 Å². The van der Waals surface area contributed by atoms with Crippen molar-refractivity contribution in [3.63, 3.8) is 0 Å². The van der Waals surface area contributed by atoms with Crippen molar-refractivity contribution >= 4 is 11.9 Å². The van der Waals surface area contributed by atoms with E-state index in [9.17, 15) is 14.0 Å². The number of amides is 3. The fourth-order valence-corrected chi connectivity index (χ4v) is 5.67. The average molecular weight is 445 g/mol. The number of hydrogen-bond acceptors (Lipinski definition) is 3. The summed E-state index contributed by atoms with van der Waals surface area (Å²) in [5.41, 5.74) is 0.604. The van der Waals surface area contributed by atoms with Gasteiger partial charge < -0.3 is 14.7 Å². The topological polar surface area (TPSA) is 47.1 Å². The number of rotatable bonds is 7. The highest BCUT2D eigenvalue weighted by molar-refractivity contribution is 5.80. The van der Waals surface area contributed by atoms with Gasteiger partial charge in [-0.05, 0) is 76.2 Å². The molecule has 0 atom stereocenters. The number of halogens is 1. The Balaban J connectivity index is 1.55. The summed E-state index contributed by atoms with van der Waals surface area (Å²) >= 11 is 0. The molecule has 2 saturated carbocycles. The van der Waals surface area contributed by atoms with Crippen molar-refractivity contribution in [2.24, 2.45) is 5.92 Å². The highest BCUT2D eigenvalue weighted by Gasteiger charge is 2.55. The molecule has 0 bridgehead atoms. The summed E-state index contributed by atoms with van der Waals surface area (Å²) in [6.07, 6.45) is 6.28. The van der Waals surface area contributed by atoms with Gasteiger partial charge >= 0.3 is 6.03 Å². The van der Waals surface area contributed by atoms with E-state index < -0.39 is 0 Å². The van der Waals surface area contributed by atoms with Gasteiger partial charge in [-0.15, -0.1) is 0 Å². The Morgan fingerprint density at radius 2 is 1.81 bits per heavy atom. The van der Waals surface area contributed by atoms with E-state index in [0.717, 1.165) is 37.8 Å². The highest BCUT2D eigenvalue weighted by Crippen LogP contribution is 2.50. The Morgan fingerprint density at radius 1 is 1.12 bits per heavy atom. The Morgan fingerprint density at radius 3 is 2.38 bits per heavy atom. The standard InChI is InChI=1S/C25H37FN4O2/c1-27(2)22(31)10-15-29-18-24(30(23(29)32)17-19-8-9-19)11-13-25(14-12-24,28(3)4)20-6-5-7-21(26)16-20/h5-7,16,19H,8-15,17-18H2,1-4H3. The quantitative estimate of drug-likeness (QED) is 0.647. The van der Waals surface area contributed by atoms with Crippen molar-refractivity contribution in [3.05, 3.63) is 35.6 Å². The lowest BCUT2D eigenvalue weighted by Crippen LogP contribution is -2.55. The number of benzene rings is 1. The predicted molar refractivity (Wildman–Crippen MR) is 123 cm³/mol. The van der Waals surface area contributed by atoms with Gasteiger partial charge in [-0.3, -0.25) is 9.69 Å². The van der Waals surface area contributed by atoms with Gasteiger partial charge in [0.15, 0.2) is 0 Å². The van der Waals surface area contributed by atoms with Crippen LogP contribution in [0.4, 0.5) is 9.18 Å². The fraction of sp³-hybridized carbons (Fsp3) is 0.680. The van der Waals surface area contributed by atoms with E-state index >= 15 is 0 Å². The first-order chi connectivity index (χ1) is 15.2. The lowest BCUT2D eigenvalue weighted by atomic mass is 9.68. The first-order valence-electron chi connectivity index (χ1n) is 11.9. The Labute approximate surface area is 191 Å². The van der Waals surface area contributed by atoms with Gasteiger partial charge in [-0.25, -0.2) is 9.18 Å². The second kappa shape index (κ2) is 8.65. The zero-order valence-electron chi connectivity index (χ0n) is 19.9. The van der Waals surface area contributed by atoms with E-state index in [-0.39, 0.29) is 28.8 Å². The molecule has 3 fully saturated rings. The maximum Gasteiger partial charge on any atom is 0.320 e. The maximum atomic E-state index is 14.1. The van der Waals surface area contributed by atoms with Crippen LogP contribution < -0.4 is 0 Å². The summed E-state index contributed by atoms with van der Waals surface area (Å²) in [4.78, 5) is 33.4. The number of nitrogens with zero attached hydrogens (tertiary/aromatic N) is 4. The first kappa shape index (κ1) is 23.0. The lowest BCUT2D eigenvalue weighted by Gasteiger charge is -2.51. The second-order valence-corrected chi connectivity index (χ2v) is 10.5. The van der Waals surface area contributed by atoms with Gasteiger partial charge in [0, 0.05) is 45.7 Å². The molecule has 1 spiro atoms. The van der Waals surface area contributed by atoms with Gasteiger partial charge in [0.2, 0.25) is 5.91 Å². The third-order valence-corrected chi connectivity index (χ3v) is 8.02. The summed E-state index contributed by atoms with van der Waals surface area (Å²) in [6, 6.07) is 7.08. The lowest BCUT2D eigenvalue weighted by molar-refractivity contribution is -0.128. The smallest absolute Gasteiger partial charge is 0.320 e. The van der Waals surface area contributed by atoms with Gasteiger partial charge in [-0.2, -0.15) is 0 Å². The van der Waals surface area contributed by atoms with Crippen LogP contribution in [0, 0.1) is 11.7 Å². The molecule has 7 heteroatoms. The summed E-state index contributed by atoms with van der Waals surface area (Å²) in [5.74, 6) is 0.462. The third kappa shape index (κ3) is 4.24. The third-order valence-electron chi connectivity index (χ3n) is 8.02. The molecular formula is C25H37FN4O2. The average Bonchev–Trinajstić information content (AvgIpc) is 3.54. The van der Waals surface area contributed by atoms with Crippen LogP contribution in [0.3, 0.4) is 0 Å². The first-order valence-corrected chi connectivity index (χ1v) is 11.9. The van der Waals surface area contributed by atoms with Crippen LogP contribution in [0.2, 0.25) is 0 Å². The molecule has 1 aromatic carbocycles. The summed E-state index contributed by atoms with van der Waals surface area (Å²) < 4.78 is 14.1. The van der Waals surface area contributed by atoms with Gasteiger partial charge in [0.05, 0.1) is 5.54 Å². The van der Waals surface area contributed by atoms with E-state index in [2.05, 4.69) is 23.9 Å². The van der Waals surface area contributed by atoms with E-state index in [0.29, 0.717) is 25.4 Å². The summed E-state index contributed by atoms with van der Waals surface area (Å²) in [7, 11) is 7.65. The van der Waals surface area contributed by atoms with Gasteiger partial charge in [0.1, 0.15) is 5.82 Å². The molecule has 1 aromatic rings. The predicted octanol–water partition coefficient (Wildman–Crippen LogP) is 3.52. The normalized spacial score (nSPS) is 28.1. The second-order valence-electron chi connectivity index (χ2n) is 10.5. The minimum atomic E-state index is -0.226. The van der Waals surface area contributed by atoms with Gasteiger partial charge in [-0.1, -0.05) is 12.1 Å². The van der Waals surface area contributed by atoms with Gasteiger partial charge in [0.25, 0.3) is 0 Å². The van der Waals surface area contributed by atoms with Crippen LogP contribution in [-0.4, -0.2) is 84.9 Å². The summed E-state index contributed by atoms with van der Waals surface area (Å²) in [5, 5.41) is 0. The van der Waals surface area contributed by atoms with Crippen LogP contribution in [0.1, 0.15) is 50.5 Å². The highest BCUT2D eigenvalue weighted by atomic mass is 19.1. The number of carbonyl (C=O) groups excluding carboxylic acids is 2. The molecule has 176 valence electrons. The Kier molecular flexibility index (Phi) is 6.23. The van der Waals surface area contributed by atoms with Crippen LogP contribution in [0.5, 0.6) is 0 Å². The van der Waals surface area contributed by atoms with Crippen LogP contribution in [0.15, 0.2) is 24.3 Å². The van der Waals surface area contributed by atoms with Crippen molar-refractivity contribution in [2.75, 3.05) is 47.8 Å². The van der Waals surface area contributed by atoms with Crippen LogP contribution in [0.25, 0.3) is 0 Å². The van der Waals surface area contributed by atoms with E-state index in [1.54, 1.807) is 31.1 Å². The molecular weight excluding hydrogens is 407 g/mol. The number of hydrogen-bond donors (Lipinski definition) is 0. The fourth-order valence-electron chi connectivity index (χ4n) is 5.67. The SMILES string of the molecule is CN(C)C(=O)CCN1CC2(CCC(c3cccc(F)c3)(N(C)C)CC2)N(CC2CC2)C1=O. The minimum Gasteiger partial charge on any atom is -0.349 e. The van der Waals surface area contributed by atoms with Crippen molar-refractivity contribution in [2.45, 2.75) is 56.0 Å². The minimum absolute atomic E-state index is 0.0499. The zero-order chi connectivity index (χ0) is 23.1. The number of carbonyl (C=O) groups is 2. The van der Waals surface area contributed by atoms with Crippen molar-refractivity contribution < 1.29 is 14.0 Å². The summed E-state index contributed by atoms with van der Waals surface area (Å²) in [6.45, 7) is 1.99. The number of urea groups is 1. The monoisotopic (exact) mass is 444 g/mol. The Hall–Kier alpha value is -2.15. The zero-order valence-corrected chi connectivity index (χ0v) is 19.9. The Bertz CT molecular complexity index is 859. The van der Waals surface area contributed by atoms with Crippen LogP contribution in [-0.2, 0) is 10.3 Å². The molecule has 0 radical (unpaired) electrons. The molecule has 2 aliphatic carbocycles. The molecule has 0 N–H and O–H groups in total. The molecule has 6 nitrogen and oxygen atoms in total. The van der Waals surface area contributed by atoms with Crippen molar-refractivity contribution in [3.8, 4) is 0 Å². The molecule has 1 heterocycles. The van der Waals surface area contributed by atoms with E-state index in [4.69, 9.17) is 0 Å². The van der Waals surface area contributed by atoms with Crippen molar-refractivity contribution in [1.29, 1.82) is 0 Å².